The van der Waals surface area contributed by atoms with Crippen LogP contribution in [0.5, 0.6) is 0 Å². The van der Waals surface area contributed by atoms with Crippen LogP contribution in [0.15, 0.2) is 76.0 Å². The second-order valence-electron chi connectivity index (χ2n) is 10.3. The molecular formula is C30H21BrN6O2. The van der Waals surface area contributed by atoms with Gasteiger partial charge in [0, 0.05) is 28.8 Å². The van der Waals surface area contributed by atoms with Crippen LogP contribution in [0.1, 0.15) is 23.9 Å². The van der Waals surface area contributed by atoms with Crippen molar-refractivity contribution in [2.45, 2.75) is 17.9 Å². The van der Waals surface area contributed by atoms with Crippen LogP contribution in [0.3, 0.4) is 0 Å². The average molecular weight is 577 g/mol. The van der Waals surface area contributed by atoms with E-state index in [4.69, 9.17) is 4.98 Å². The van der Waals surface area contributed by atoms with E-state index in [1.165, 1.54) is 4.57 Å². The number of benzene rings is 3. The molecule has 1 unspecified atom stereocenters. The van der Waals surface area contributed by atoms with Gasteiger partial charge in [0.25, 0.3) is 5.56 Å². The number of aromatic nitrogens is 2. The molecule has 0 N–H and O–H groups in total. The van der Waals surface area contributed by atoms with Gasteiger partial charge >= 0.3 is 0 Å². The summed E-state index contributed by atoms with van der Waals surface area (Å²) in [6.45, 7) is 2.37. The normalized spacial score (nSPS) is 24.1. The molecule has 1 aromatic heterocycles. The number of halogens is 1. The Morgan fingerprint density at radius 1 is 0.974 bits per heavy atom. The quantitative estimate of drug-likeness (QED) is 0.339. The van der Waals surface area contributed by atoms with Gasteiger partial charge in [-0.15, -0.1) is 0 Å². The van der Waals surface area contributed by atoms with Gasteiger partial charge in [-0.3, -0.25) is 19.1 Å². The standard InChI is InChI=1S/C30H21BrN6O2/c1-3-36-23-11-7-5-9-20(23)29(27(36)39)17-35(2)30(28(29,15-32)16-33)21-14-18(31)12-13-24(21)37-25(38)19-8-4-6-10-22(19)34-26(30)37/h4-14H,3,17H2,1-2H3/t29-,30?/m1/s1. The van der Waals surface area contributed by atoms with Crippen LogP contribution < -0.4 is 10.5 Å². The molecule has 3 aliphatic rings. The molecule has 2 atom stereocenters. The van der Waals surface area contributed by atoms with E-state index < -0.39 is 16.4 Å². The van der Waals surface area contributed by atoms with Crippen LogP contribution in [0, 0.1) is 28.1 Å². The molecule has 1 amide bonds. The zero-order valence-corrected chi connectivity index (χ0v) is 22.7. The van der Waals surface area contributed by atoms with E-state index in [2.05, 4.69) is 28.1 Å². The number of rotatable bonds is 1. The highest BCUT2D eigenvalue weighted by atomic mass is 79.9. The molecule has 4 heterocycles. The molecule has 190 valence electrons. The first-order valence-corrected chi connectivity index (χ1v) is 13.4. The van der Waals surface area contributed by atoms with Gasteiger partial charge < -0.3 is 4.90 Å². The number of likely N-dealkylation sites (tertiary alicyclic amines) is 1. The van der Waals surface area contributed by atoms with E-state index in [0.717, 1.165) is 4.47 Å². The smallest absolute Gasteiger partial charge is 0.266 e. The molecule has 0 saturated carbocycles. The summed E-state index contributed by atoms with van der Waals surface area (Å²) in [7, 11) is 1.81. The first kappa shape index (κ1) is 23.8. The minimum Gasteiger partial charge on any atom is -0.311 e. The number of hydrogen-bond donors (Lipinski definition) is 0. The second kappa shape index (κ2) is 7.63. The monoisotopic (exact) mass is 576 g/mol. The zero-order valence-electron chi connectivity index (χ0n) is 21.1. The number of nitrogens with zero attached hydrogens (tertiary/aromatic N) is 6. The van der Waals surface area contributed by atoms with Crippen LogP contribution in [0.4, 0.5) is 5.69 Å². The lowest BCUT2D eigenvalue weighted by atomic mass is 9.55. The van der Waals surface area contributed by atoms with Gasteiger partial charge in [-0.25, -0.2) is 4.98 Å². The number of anilines is 1. The number of carbonyl (C=O) groups is 1. The van der Waals surface area contributed by atoms with Crippen molar-refractivity contribution in [3.63, 3.8) is 0 Å². The van der Waals surface area contributed by atoms with Crippen molar-refractivity contribution < 1.29 is 4.79 Å². The first-order valence-electron chi connectivity index (χ1n) is 12.6. The highest BCUT2D eigenvalue weighted by molar-refractivity contribution is 9.10. The summed E-state index contributed by atoms with van der Waals surface area (Å²) in [5.74, 6) is -0.0295. The number of para-hydroxylation sites is 2. The van der Waals surface area contributed by atoms with Crippen molar-refractivity contribution in [3.8, 4) is 17.8 Å². The van der Waals surface area contributed by atoms with Crippen LogP contribution in [-0.2, 0) is 15.7 Å². The molecule has 0 bridgehead atoms. The van der Waals surface area contributed by atoms with E-state index in [9.17, 15) is 20.1 Å². The number of carbonyl (C=O) groups excluding carboxylic acids is 1. The highest BCUT2D eigenvalue weighted by Gasteiger charge is 2.81. The molecule has 3 aromatic carbocycles. The van der Waals surface area contributed by atoms with E-state index in [0.29, 0.717) is 39.9 Å². The Hall–Kier alpha value is -4.31. The maximum atomic E-state index is 14.5. The third-order valence-electron chi connectivity index (χ3n) is 8.83. The summed E-state index contributed by atoms with van der Waals surface area (Å²) in [4.78, 5) is 37.1. The molecule has 4 aromatic rings. The lowest BCUT2D eigenvalue weighted by Crippen LogP contribution is -2.57. The molecule has 1 fully saturated rings. The third kappa shape index (κ3) is 2.36. The van der Waals surface area contributed by atoms with Crippen LogP contribution in [0.2, 0.25) is 0 Å². The van der Waals surface area contributed by atoms with Crippen LogP contribution >= 0.6 is 15.9 Å². The minimum atomic E-state index is -1.97. The largest absolute Gasteiger partial charge is 0.311 e. The lowest BCUT2D eigenvalue weighted by molar-refractivity contribution is -0.124. The Morgan fingerprint density at radius 2 is 1.69 bits per heavy atom. The van der Waals surface area contributed by atoms with Crippen molar-refractivity contribution in [1.82, 2.24) is 14.5 Å². The summed E-state index contributed by atoms with van der Waals surface area (Å²) in [5, 5.41) is 22.8. The Labute approximate surface area is 232 Å². The predicted molar refractivity (Wildman–Crippen MR) is 148 cm³/mol. The van der Waals surface area contributed by atoms with Gasteiger partial charge in [-0.1, -0.05) is 46.3 Å². The molecule has 3 aliphatic heterocycles. The maximum absolute atomic E-state index is 14.5. The van der Waals surface area contributed by atoms with Crippen LogP contribution in [0.25, 0.3) is 16.6 Å². The first-order chi connectivity index (χ1) is 18.8. The summed E-state index contributed by atoms with van der Waals surface area (Å²) in [6, 6.07) is 24.7. The van der Waals surface area contributed by atoms with E-state index in [1.54, 1.807) is 35.2 Å². The van der Waals surface area contributed by atoms with Crippen molar-refractivity contribution >= 4 is 38.4 Å². The molecule has 2 spiro atoms. The van der Waals surface area contributed by atoms with E-state index in [-0.39, 0.29) is 23.8 Å². The molecule has 7 rings (SSSR count). The molecule has 8 nitrogen and oxygen atoms in total. The molecular weight excluding hydrogens is 556 g/mol. The highest BCUT2D eigenvalue weighted by Crippen LogP contribution is 2.68. The van der Waals surface area contributed by atoms with Gasteiger partial charge in [0.05, 0.1) is 28.7 Å². The van der Waals surface area contributed by atoms with Gasteiger partial charge in [0.1, 0.15) is 16.8 Å². The number of hydrogen-bond acceptors (Lipinski definition) is 6. The fourth-order valence-corrected chi connectivity index (χ4v) is 7.74. The van der Waals surface area contributed by atoms with Gasteiger partial charge in [-0.2, -0.15) is 10.5 Å². The zero-order chi connectivity index (χ0) is 27.3. The third-order valence-corrected chi connectivity index (χ3v) is 9.33. The van der Waals surface area contributed by atoms with Crippen molar-refractivity contribution in [1.29, 1.82) is 10.5 Å². The number of nitriles is 2. The SMILES string of the molecule is CCN1C(=O)[C@@]2(CN(C)C3(c4cc(Br)ccc4-n4c3nc3ccccc3c4=O)C2(C#N)C#N)c2ccccc21. The summed E-state index contributed by atoms with van der Waals surface area (Å²) >= 11 is 3.57. The number of fused-ring (bicyclic) bond motifs is 8. The van der Waals surface area contributed by atoms with Gasteiger partial charge in [0.2, 0.25) is 5.91 Å². The topological polar surface area (TPSA) is 106 Å². The van der Waals surface area contributed by atoms with Crippen molar-refractivity contribution in [3.05, 3.63) is 98.5 Å². The van der Waals surface area contributed by atoms with Crippen molar-refractivity contribution in [2.75, 3.05) is 25.0 Å². The maximum Gasteiger partial charge on any atom is 0.266 e. The van der Waals surface area contributed by atoms with E-state index in [1.807, 2.05) is 55.3 Å². The number of likely N-dealkylation sites (N-methyl/N-ethyl adjacent to an activating group) is 2. The average Bonchev–Trinajstić information content (AvgIpc) is 3.47. The number of amides is 1. The van der Waals surface area contributed by atoms with Gasteiger partial charge in [0.15, 0.2) is 5.41 Å². The molecule has 39 heavy (non-hydrogen) atoms. The Kier molecular flexibility index (Phi) is 4.65. The Bertz CT molecular complexity index is 1910. The Balaban J connectivity index is 1.70. The fourth-order valence-electron chi connectivity index (χ4n) is 7.38. The predicted octanol–water partition coefficient (Wildman–Crippen LogP) is 3.99. The van der Waals surface area contributed by atoms with Gasteiger partial charge in [-0.05, 0) is 55.9 Å². The minimum absolute atomic E-state index is 0.0924. The van der Waals surface area contributed by atoms with Crippen LogP contribution in [-0.4, -0.2) is 40.5 Å². The molecule has 0 radical (unpaired) electrons. The Morgan fingerprint density at radius 3 is 2.44 bits per heavy atom. The summed E-state index contributed by atoms with van der Waals surface area (Å²) in [6.07, 6.45) is 0. The lowest BCUT2D eigenvalue weighted by Gasteiger charge is -2.41. The fraction of sp³-hybridized carbons (Fsp3) is 0.233. The van der Waals surface area contributed by atoms with Crippen molar-refractivity contribution in [2.24, 2.45) is 5.41 Å². The second-order valence-corrected chi connectivity index (χ2v) is 11.2. The molecule has 9 heteroatoms. The molecule has 1 saturated heterocycles. The summed E-state index contributed by atoms with van der Waals surface area (Å²) in [5.41, 5.74) is -2.37. The summed E-state index contributed by atoms with van der Waals surface area (Å²) < 4.78 is 2.24. The molecule has 0 aliphatic carbocycles. The van der Waals surface area contributed by atoms with E-state index >= 15 is 0 Å².